The first-order chi connectivity index (χ1) is 10.2. The van der Waals surface area contributed by atoms with Crippen molar-refractivity contribution in [1.82, 2.24) is 19.9 Å². The minimum absolute atomic E-state index is 0.811. The second-order valence-electron chi connectivity index (χ2n) is 6.78. The van der Waals surface area contributed by atoms with Gasteiger partial charge in [-0.2, -0.15) is 0 Å². The number of likely N-dealkylation sites (N-methyl/N-ethyl adjacent to an activating group) is 1. The third kappa shape index (κ3) is 4.28. The molecule has 5 nitrogen and oxygen atoms in total. The number of aromatic nitrogens is 1. The van der Waals surface area contributed by atoms with E-state index in [-0.39, 0.29) is 0 Å². The van der Waals surface area contributed by atoms with Gasteiger partial charge in [0.2, 0.25) is 0 Å². The number of nitrogens with zero attached hydrogens (tertiary/aromatic N) is 4. The van der Waals surface area contributed by atoms with Gasteiger partial charge in [0.25, 0.3) is 0 Å². The number of piperazine rings is 1. The van der Waals surface area contributed by atoms with Crippen LogP contribution in [-0.4, -0.2) is 72.7 Å². The lowest BCUT2D eigenvalue weighted by molar-refractivity contribution is 0.0927. The van der Waals surface area contributed by atoms with Crippen molar-refractivity contribution in [3.05, 3.63) is 17.5 Å². The lowest BCUT2D eigenvalue weighted by atomic mass is 9.97. The third-order valence-electron chi connectivity index (χ3n) is 4.77. The zero-order valence-electron chi connectivity index (χ0n) is 13.4. The lowest BCUT2D eigenvalue weighted by Crippen LogP contribution is -2.48. The maximum atomic E-state index is 5.36. The zero-order chi connectivity index (χ0) is 14.7. The highest BCUT2D eigenvalue weighted by Gasteiger charge is 2.24. The van der Waals surface area contributed by atoms with Gasteiger partial charge in [0.15, 0.2) is 5.76 Å². The van der Waals surface area contributed by atoms with E-state index in [2.05, 4.69) is 33.0 Å². The van der Waals surface area contributed by atoms with Crippen molar-refractivity contribution in [3.8, 4) is 0 Å². The van der Waals surface area contributed by atoms with Gasteiger partial charge >= 0.3 is 0 Å². The van der Waals surface area contributed by atoms with E-state index in [1.807, 2.05) is 6.92 Å². The Bertz CT molecular complexity index is 439. The highest BCUT2D eigenvalue weighted by Crippen LogP contribution is 2.20. The topological polar surface area (TPSA) is 35.8 Å². The van der Waals surface area contributed by atoms with Crippen LogP contribution in [0.2, 0.25) is 0 Å². The Morgan fingerprint density at radius 1 is 1.19 bits per heavy atom. The standard InChI is InChI=1S/C16H28N4O/c1-14-10-16(21-17-14)13-20-5-3-4-15(12-20)11-19-8-6-18(2)7-9-19/h10,15H,3-9,11-13H2,1-2H3. The van der Waals surface area contributed by atoms with Gasteiger partial charge in [-0.15, -0.1) is 0 Å². The molecule has 1 aromatic heterocycles. The molecule has 2 fully saturated rings. The van der Waals surface area contributed by atoms with Gasteiger partial charge in [-0.3, -0.25) is 4.90 Å². The first-order valence-electron chi connectivity index (χ1n) is 8.24. The van der Waals surface area contributed by atoms with Crippen molar-refractivity contribution >= 4 is 0 Å². The molecule has 21 heavy (non-hydrogen) atoms. The number of hydrogen-bond acceptors (Lipinski definition) is 5. The molecule has 0 saturated carbocycles. The molecule has 0 aliphatic carbocycles. The van der Waals surface area contributed by atoms with Gasteiger partial charge in [0.05, 0.1) is 12.2 Å². The molecule has 0 bridgehead atoms. The zero-order valence-corrected chi connectivity index (χ0v) is 13.4. The summed E-state index contributed by atoms with van der Waals surface area (Å²) in [7, 11) is 2.22. The predicted octanol–water partition coefficient (Wildman–Crippen LogP) is 1.44. The van der Waals surface area contributed by atoms with Crippen molar-refractivity contribution in [2.24, 2.45) is 5.92 Å². The van der Waals surface area contributed by atoms with Gasteiger partial charge in [-0.25, -0.2) is 0 Å². The molecule has 0 amide bonds. The molecule has 1 aromatic rings. The molecule has 2 aliphatic rings. The van der Waals surface area contributed by atoms with Gasteiger partial charge in [-0.1, -0.05) is 5.16 Å². The van der Waals surface area contributed by atoms with Gasteiger partial charge in [0.1, 0.15) is 0 Å². The van der Waals surface area contributed by atoms with E-state index in [1.54, 1.807) is 0 Å². The molecule has 118 valence electrons. The summed E-state index contributed by atoms with van der Waals surface area (Å²) in [4.78, 5) is 7.60. The van der Waals surface area contributed by atoms with Crippen LogP contribution in [-0.2, 0) is 6.54 Å². The van der Waals surface area contributed by atoms with E-state index in [0.29, 0.717) is 0 Å². The molecule has 0 N–H and O–H groups in total. The second-order valence-corrected chi connectivity index (χ2v) is 6.78. The normalized spacial score (nSPS) is 26.3. The first kappa shape index (κ1) is 15.0. The van der Waals surface area contributed by atoms with E-state index in [9.17, 15) is 0 Å². The number of hydrogen-bond donors (Lipinski definition) is 0. The first-order valence-corrected chi connectivity index (χ1v) is 8.24. The van der Waals surface area contributed by atoms with E-state index in [4.69, 9.17) is 4.52 Å². The number of aryl methyl sites for hydroxylation is 1. The van der Waals surface area contributed by atoms with Gasteiger partial charge < -0.3 is 14.3 Å². The monoisotopic (exact) mass is 292 g/mol. The number of rotatable bonds is 4. The fourth-order valence-corrected chi connectivity index (χ4v) is 3.55. The molecule has 0 radical (unpaired) electrons. The lowest BCUT2D eigenvalue weighted by Gasteiger charge is -2.38. The molecular formula is C16H28N4O. The van der Waals surface area contributed by atoms with Crippen LogP contribution in [0, 0.1) is 12.8 Å². The van der Waals surface area contributed by atoms with Gasteiger partial charge in [-0.05, 0) is 39.3 Å². The summed E-state index contributed by atoms with van der Waals surface area (Å²) in [6.07, 6.45) is 2.68. The molecule has 1 unspecified atom stereocenters. The van der Waals surface area contributed by atoms with Gasteiger partial charge in [0, 0.05) is 45.3 Å². The Hall–Kier alpha value is -0.910. The van der Waals surface area contributed by atoms with Crippen molar-refractivity contribution in [2.45, 2.75) is 26.3 Å². The van der Waals surface area contributed by atoms with E-state index in [0.717, 1.165) is 23.9 Å². The Morgan fingerprint density at radius 2 is 2.00 bits per heavy atom. The molecule has 3 heterocycles. The predicted molar refractivity (Wildman–Crippen MR) is 83.2 cm³/mol. The number of likely N-dealkylation sites (tertiary alicyclic amines) is 1. The number of piperidine rings is 1. The quantitative estimate of drug-likeness (QED) is 0.839. The van der Waals surface area contributed by atoms with Crippen LogP contribution in [0.5, 0.6) is 0 Å². The van der Waals surface area contributed by atoms with Crippen LogP contribution in [0.4, 0.5) is 0 Å². The Labute approximate surface area is 127 Å². The summed E-state index contributed by atoms with van der Waals surface area (Å²) in [6.45, 7) is 11.5. The van der Waals surface area contributed by atoms with Crippen LogP contribution in [0.25, 0.3) is 0 Å². The van der Waals surface area contributed by atoms with Crippen LogP contribution < -0.4 is 0 Å². The highest BCUT2D eigenvalue weighted by molar-refractivity contribution is 5.03. The summed E-state index contributed by atoms with van der Waals surface area (Å²) in [6, 6.07) is 2.06. The molecule has 0 aromatic carbocycles. The largest absolute Gasteiger partial charge is 0.360 e. The average molecular weight is 292 g/mol. The maximum absolute atomic E-state index is 5.36. The SMILES string of the molecule is Cc1cc(CN2CCCC(CN3CCN(C)CC3)C2)on1. The minimum Gasteiger partial charge on any atom is -0.360 e. The summed E-state index contributed by atoms with van der Waals surface area (Å²) in [5.74, 6) is 1.82. The second kappa shape index (κ2) is 6.90. The van der Waals surface area contributed by atoms with Crippen molar-refractivity contribution in [2.75, 3.05) is 52.9 Å². The molecule has 0 spiro atoms. The Balaban J connectivity index is 1.46. The highest BCUT2D eigenvalue weighted by atomic mass is 16.5. The summed E-state index contributed by atoms with van der Waals surface area (Å²) in [5.41, 5.74) is 0.982. The fourth-order valence-electron chi connectivity index (χ4n) is 3.55. The molecule has 2 saturated heterocycles. The van der Waals surface area contributed by atoms with E-state index >= 15 is 0 Å². The summed E-state index contributed by atoms with van der Waals surface area (Å²) >= 11 is 0. The molecule has 1 atom stereocenters. The maximum Gasteiger partial charge on any atom is 0.150 e. The van der Waals surface area contributed by atoms with Crippen LogP contribution in [0.3, 0.4) is 0 Å². The van der Waals surface area contributed by atoms with Crippen molar-refractivity contribution < 1.29 is 4.52 Å². The molecular weight excluding hydrogens is 264 g/mol. The molecule has 2 aliphatic heterocycles. The Morgan fingerprint density at radius 3 is 2.71 bits per heavy atom. The average Bonchev–Trinajstić information content (AvgIpc) is 2.87. The summed E-state index contributed by atoms with van der Waals surface area (Å²) in [5, 5.41) is 3.99. The molecule has 5 heteroatoms. The Kier molecular flexibility index (Phi) is 4.93. The third-order valence-corrected chi connectivity index (χ3v) is 4.77. The van der Waals surface area contributed by atoms with Crippen LogP contribution >= 0.6 is 0 Å². The fraction of sp³-hybridized carbons (Fsp3) is 0.812. The molecule has 3 rings (SSSR count). The van der Waals surface area contributed by atoms with E-state index < -0.39 is 0 Å². The minimum atomic E-state index is 0.811. The van der Waals surface area contributed by atoms with Crippen LogP contribution in [0.1, 0.15) is 24.3 Å². The smallest absolute Gasteiger partial charge is 0.150 e. The summed E-state index contributed by atoms with van der Waals surface area (Å²) < 4.78 is 5.36. The van der Waals surface area contributed by atoms with Crippen molar-refractivity contribution in [3.63, 3.8) is 0 Å². The van der Waals surface area contributed by atoms with E-state index in [1.165, 1.54) is 58.7 Å². The van der Waals surface area contributed by atoms with Crippen molar-refractivity contribution in [1.29, 1.82) is 0 Å². The van der Waals surface area contributed by atoms with Crippen LogP contribution in [0.15, 0.2) is 10.6 Å².